The lowest BCUT2D eigenvalue weighted by molar-refractivity contribution is -0.882. The van der Waals surface area contributed by atoms with Gasteiger partial charge in [-0.2, -0.15) is 5.26 Å². The maximum absolute atomic E-state index is 13.8. The van der Waals surface area contributed by atoms with Gasteiger partial charge in [0.1, 0.15) is 30.1 Å². The molecule has 0 fully saturated rings. The summed E-state index contributed by atoms with van der Waals surface area (Å²) in [4.78, 5) is 18.4. The molecule has 3 heterocycles. The minimum absolute atomic E-state index is 0.0313. The van der Waals surface area contributed by atoms with E-state index in [4.69, 9.17) is 21.6 Å². The van der Waals surface area contributed by atoms with Gasteiger partial charge in [-0.3, -0.25) is 4.57 Å². The van der Waals surface area contributed by atoms with Crippen LogP contribution in [-0.4, -0.2) is 26.1 Å². The maximum atomic E-state index is 13.8. The highest BCUT2D eigenvalue weighted by atomic mass is 19.1. The lowest BCUT2D eigenvalue weighted by Gasteiger charge is -2.09. The molecule has 4 rings (SSSR count). The summed E-state index contributed by atoms with van der Waals surface area (Å²) in [5.74, 6) is 0.970. The lowest BCUT2D eigenvalue weighted by Crippen LogP contribution is -2.47. The molecule has 0 aliphatic rings. The van der Waals surface area contributed by atoms with Crippen molar-refractivity contribution in [1.29, 1.82) is 5.26 Å². The first-order valence-corrected chi connectivity index (χ1v) is 8.65. The summed E-state index contributed by atoms with van der Waals surface area (Å²) in [6.07, 6.45) is 3.31. The number of hydrogen-bond donors (Lipinski definition) is 2. The Kier molecular flexibility index (Phi) is 4.62. The predicted molar refractivity (Wildman–Crippen MR) is 102 cm³/mol. The Hall–Kier alpha value is -4.26. The number of rotatable bonds is 5. The molecule has 9 nitrogen and oxygen atoms in total. The highest BCUT2D eigenvalue weighted by molar-refractivity contribution is 5.78. The van der Waals surface area contributed by atoms with Crippen LogP contribution in [0.4, 0.5) is 16.0 Å². The van der Waals surface area contributed by atoms with Crippen molar-refractivity contribution >= 4 is 22.7 Å². The monoisotopic (exact) mass is 391 g/mol. The summed E-state index contributed by atoms with van der Waals surface area (Å²) in [5.41, 5.74) is 12.8. The first kappa shape index (κ1) is 18.1. The summed E-state index contributed by atoms with van der Waals surface area (Å²) in [6.45, 7) is 0.171. The van der Waals surface area contributed by atoms with Crippen molar-refractivity contribution in [3.05, 3.63) is 66.1 Å². The molecule has 4 N–H and O–H groups in total. The molecular weight excluding hydrogens is 375 g/mol. The molecule has 3 aromatic heterocycles. The van der Waals surface area contributed by atoms with Crippen LogP contribution in [0.1, 0.15) is 11.4 Å². The number of halogens is 1. The van der Waals surface area contributed by atoms with Crippen molar-refractivity contribution in [1.82, 2.24) is 19.5 Å². The Morgan fingerprint density at radius 3 is 2.83 bits per heavy atom. The molecule has 1 aromatic carbocycles. The predicted octanol–water partition coefficient (Wildman–Crippen LogP) is 0.949. The molecule has 0 atom stereocenters. The number of nitrogen functional groups attached to an aromatic ring is 2. The van der Waals surface area contributed by atoms with E-state index in [1.807, 2.05) is 18.2 Å². The molecular formula is C19H16FN8O+. The van der Waals surface area contributed by atoms with Gasteiger partial charge in [-0.05, 0) is 24.3 Å². The molecule has 0 radical (unpaired) electrons. The second kappa shape index (κ2) is 7.40. The van der Waals surface area contributed by atoms with Gasteiger partial charge in [0.25, 0.3) is 12.1 Å². The number of pyridine rings is 1. The quantitative estimate of drug-likeness (QED) is 0.484. The highest BCUT2D eigenvalue weighted by Gasteiger charge is 2.18. The molecule has 10 heteroatoms. The minimum Gasteiger partial charge on any atom is -0.369 e. The van der Waals surface area contributed by atoms with Crippen molar-refractivity contribution in [2.24, 2.45) is 0 Å². The Balaban J connectivity index is 1.65. The second-order valence-corrected chi connectivity index (χ2v) is 6.10. The van der Waals surface area contributed by atoms with Crippen LogP contribution in [0.15, 0.2) is 48.9 Å². The van der Waals surface area contributed by atoms with E-state index in [1.54, 1.807) is 22.9 Å². The molecule has 0 saturated carbocycles. The SMILES string of the molecule is N#Cc1c(N)nc[n+](OCCc2nc3ccc(F)cc3n2-c2ccccn2)c1N. The van der Waals surface area contributed by atoms with Gasteiger partial charge in [-0.1, -0.05) is 15.8 Å². The third-order valence-electron chi connectivity index (χ3n) is 4.28. The van der Waals surface area contributed by atoms with E-state index in [-0.39, 0.29) is 29.6 Å². The van der Waals surface area contributed by atoms with Crippen molar-refractivity contribution in [2.75, 3.05) is 18.1 Å². The molecule has 0 amide bonds. The fourth-order valence-corrected chi connectivity index (χ4v) is 2.94. The van der Waals surface area contributed by atoms with Crippen LogP contribution in [0.25, 0.3) is 16.9 Å². The summed E-state index contributed by atoms with van der Waals surface area (Å²) < 4.78 is 16.8. The van der Waals surface area contributed by atoms with E-state index in [0.29, 0.717) is 29.1 Å². The number of aromatic nitrogens is 5. The minimum atomic E-state index is -0.363. The van der Waals surface area contributed by atoms with E-state index >= 15 is 0 Å². The molecule has 4 aromatic rings. The first-order valence-electron chi connectivity index (χ1n) is 8.65. The molecule has 0 aliphatic carbocycles. The van der Waals surface area contributed by atoms with Crippen LogP contribution in [-0.2, 0) is 6.42 Å². The van der Waals surface area contributed by atoms with Gasteiger partial charge in [0, 0.05) is 18.7 Å². The van der Waals surface area contributed by atoms with Crippen LogP contribution < -0.4 is 21.0 Å². The van der Waals surface area contributed by atoms with Gasteiger partial charge in [0.05, 0.1) is 11.0 Å². The second-order valence-electron chi connectivity index (χ2n) is 6.10. The summed E-state index contributed by atoms with van der Waals surface area (Å²) in [5, 5.41) is 9.12. The third kappa shape index (κ3) is 3.37. The zero-order chi connectivity index (χ0) is 20.4. The van der Waals surface area contributed by atoms with Crippen molar-refractivity contribution in [2.45, 2.75) is 6.42 Å². The normalized spacial score (nSPS) is 10.8. The Bertz CT molecular complexity index is 1230. The van der Waals surface area contributed by atoms with Gasteiger partial charge in [-0.25, -0.2) is 14.4 Å². The van der Waals surface area contributed by atoms with Crippen LogP contribution in [0, 0.1) is 17.1 Å². The number of fused-ring (bicyclic) bond motifs is 1. The van der Waals surface area contributed by atoms with Gasteiger partial charge < -0.3 is 16.3 Å². The van der Waals surface area contributed by atoms with Gasteiger partial charge in [0.15, 0.2) is 5.56 Å². The number of nitrogens with two attached hydrogens (primary N) is 2. The summed E-state index contributed by atoms with van der Waals surface area (Å²) in [6, 6.07) is 11.7. The number of anilines is 2. The van der Waals surface area contributed by atoms with E-state index in [9.17, 15) is 4.39 Å². The van der Waals surface area contributed by atoms with Crippen molar-refractivity contribution < 1.29 is 14.0 Å². The highest BCUT2D eigenvalue weighted by Crippen LogP contribution is 2.21. The van der Waals surface area contributed by atoms with Crippen LogP contribution in [0.2, 0.25) is 0 Å². The summed E-state index contributed by atoms with van der Waals surface area (Å²) in [7, 11) is 0. The maximum Gasteiger partial charge on any atom is 0.281 e. The zero-order valence-electron chi connectivity index (χ0n) is 15.2. The van der Waals surface area contributed by atoms with E-state index in [0.717, 1.165) is 0 Å². The largest absolute Gasteiger partial charge is 0.369 e. The molecule has 144 valence electrons. The Morgan fingerprint density at radius 2 is 2.07 bits per heavy atom. The molecule has 0 spiro atoms. The molecule has 0 unspecified atom stereocenters. The van der Waals surface area contributed by atoms with E-state index in [2.05, 4.69) is 15.0 Å². The average Bonchev–Trinajstić information content (AvgIpc) is 3.08. The lowest BCUT2D eigenvalue weighted by atomic mass is 10.3. The Labute approximate surface area is 164 Å². The smallest absolute Gasteiger partial charge is 0.281 e. The number of benzene rings is 1. The Morgan fingerprint density at radius 1 is 1.21 bits per heavy atom. The first-order chi connectivity index (χ1) is 14.1. The topological polar surface area (TPSA) is 133 Å². The zero-order valence-corrected chi connectivity index (χ0v) is 15.2. The molecule has 0 saturated heterocycles. The van der Waals surface area contributed by atoms with Gasteiger partial charge in [-0.15, -0.1) is 0 Å². The van der Waals surface area contributed by atoms with Crippen LogP contribution >= 0.6 is 0 Å². The van der Waals surface area contributed by atoms with E-state index < -0.39 is 0 Å². The third-order valence-corrected chi connectivity index (χ3v) is 4.28. The van der Waals surface area contributed by atoms with Gasteiger partial charge in [0.2, 0.25) is 5.82 Å². The molecule has 0 bridgehead atoms. The van der Waals surface area contributed by atoms with Crippen molar-refractivity contribution in [3.63, 3.8) is 0 Å². The molecule has 29 heavy (non-hydrogen) atoms. The fraction of sp³-hybridized carbons (Fsp3) is 0.105. The van der Waals surface area contributed by atoms with Gasteiger partial charge >= 0.3 is 0 Å². The fourth-order valence-electron chi connectivity index (χ4n) is 2.94. The average molecular weight is 391 g/mol. The standard InChI is InChI=1S/C19H15FN8O/c20-12-4-5-14-15(9-12)28(16-3-1-2-7-24-16)17(26-14)6-8-29-27-11-25-18(22)13(10-21)19(27)23/h1-5,7,9,11H,6,8H2,(H3,22,23)/p+1. The number of nitriles is 1. The van der Waals surface area contributed by atoms with Crippen molar-refractivity contribution in [3.8, 4) is 11.9 Å². The van der Waals surface area contributed by atoms with E-state index in [1.165, 1.54) is 23.2 Å². The molecule has 0 aliphatic heterocycles. The number of imidazole rings is 1. The summed E-state index contributed by atoms with van der Waals surface area (Å²) >= 11 is 0. The number of hydrogen-bond acceptors (Lipinski definition) is 7. The number of nitrogens with zero attached hydrogens (tertiary/aromatic N) is 6. The van der Waals surface area contributed by atoms with Crippen LogP contribution in [0.3, 0.4) is 0 Å². The van der Waals surface area contributed by atoms with Crippen LogP contribution in [0.5, 0.6) is 0 Å².